The fourth-order valence-corrected chi connectivity index (χ4v) is 4.59. The summed E-state index contributed by atoms with van der Waals surface area (Å²) in [6.07, 6.45) is 1.97. The van der Waals surface area contributed by atoms with Crippen LogP contribution in [0, 0.1) is 6.92 Å². The van der Waals surface area contributed by atoms with Gasteiger partial charge in [0.1, 0.15) is 0 Å². The van der Waals surface area contributed by atoms with E-state index in [0.29, 0.717) is 5.92 Å². The van der Waals surface area contributed by atoms with Crippen LogP contribution in [0.2, 0.25) is 0 Å². The lowest BCUT2D eigenvalue weighted by Crippen LogP contribution is -2.47. The Morgan fingerprint density at radius 2 is 1.62 bits per heavy atom. The van der Waals surface area contributed by atoms with Gasteiger partial charge in [-0.15, -0.1) is 0 Å². The summed E-state index contributed by atoms with van der Waals surface area (Å²) >= 11 is 0. The van der Waals surface area contributed by atoms with E-state index < -0.39 is 0 Å². The van der Waals surface area contributed by atoms with Crippen molar-refractivity contribution in [3.8, 4) is 0 Å². The predicted octanol–water partition coefficient (Wildman–Crippen LogP) is 6.43. The van der Waals surface area contributed by atoms with E-state index in [4.69, 9.17) is 0 Å². The van der Waals surface area contributed by atoms with Crippen LogP contribution in [0.1, 0.15) is 59.7 Å². The van der Waals surface area contributed by atoms with Crippen molar-refractivity contribution in [3.63, 3.8) is 0 Å². The van der Waals surface area contributed by atoms with E-state index in [9.17, 15) is 4.79 Å². The van der Waals surface area contributed by atoms with Crippen molar-refractivity contribution in [1.82, 2.24) is 4.90 Å². The molecule has 0 saturated carbocycles. The van der Waals surface area contributed by atoms with E-state index >= 15 is 0 Å². The van der Waals surface area contributed by atoms with E-state index in [1.807, 2.05) is 41.3 Å². The average Bonchev–Trinajstić information content (AvgIpc) is 2.81. The van der Waals surface area contributed by atoms with Gasteiger partial charge in [0.2, 0.25) is 0 Å². The third-order valence-electron chi connectivity index (χ3n) is 6.49. The number of benzene rings is 3. The Balaban J connectivity index is 1.47. The lowest BCUT2D eigenvalue weighted by molar-refractivity contribution is 0.0958. The summed E-state index contributed by atoms with van der Waals surface area (Å²) in [6.45, 7) is 9.53. The van der Waals surface area contributed by atoms with Crippen LogP contribution < -0.4 is 4.90 Å². The van der Waals surface area contributed by atoms with Gasteiger partial charge in [-0.1, -0.05) is 68.4 Å². The molecule has 1 heterocycles. The fourth-order valence-electron chi connectivity index (χ4n) is 4.59. The van der Waals surface area contributed by atoms with Gasteiger partial charge in [0.25, 0.3) is 5.91 Å². The minimum absolute atomic E-state index is 0.0962. The van der Waals surface area contributed by atoms with E-state index in [0.717, 1.165) is 43.7 Å². The lowest BCUT2D eigenvalue weighted by atomic mass is 9.99. The summed E-state index contributed by atoms with van der Waals surface area (Å²) < 4.78 is 0. The van der Waals surface area contributed by atoms with Crippen molar-refractivity contribution < 1.29 is 4.79 Å². The van der Waals surface area contributed by atoms with Gasteiger partial charge in [-0.05, 0) is 66.6 Å². The van der Waals surface area contributed by atoms with Crippen molar-refractivity contribution >= 4 is 11.6 Å². The molecule has 1 amide bonds. The highest BCUT2D eigenvalue weighted by Gasteiger charge is 2.30. The van der Waals surface area contributed by atoms with Crippen LogP contribution in [0.25, 0.3) is 0 Å². The molecule has 0 aliphatic carbocycles. The number of anilines is 1. The Morgan fingerprint density at radius 1 is 0.938 bits per heavy atom. The van der Waals surface area contributed by atoms with Gasteiger partial charge >= 0.3 is 0 Å². The first kappa shape index (κ1) is 22.3. The standard InChI is InChI=1S/C29H34N2O/c1-22(2)25-14-12-24(13-15-25)21-30-18-16-27(17-19-30)31(28-11-7-8-23(3)20-28)29(32)26-9-5-4-6-10-26/h4-15,20,22,27H,16-19,21H2,1-3H3. The molecule has 32 heavy (non-hydrogen) atoms. The fraction of sp³-hybridized carbons (Fsp3) is 0.345. The summed E-state index contributed by atoms with van der Waals surface area (Å²) in [6, 6.07) is 27.2. The van der Waals surface area contributed by atoms with Crippen molar-refractivity contribution in [2.45, 2.75) is 52.1 Å². The van der Waals surface area contributed by atoms with Gasteiger partial charge < -0.3 is 4.90 Å². The molecule has 0 atom stereocenters. The normalized spacial score (nSPS) is 15.1. The Morgan fingerprint density at radius 3 is 2.25 bits per heavy atom. The molecule has 3 aromatic carbocycles. The number of hydrogen-bond donors (Lipinski definition) is 0. The molecule has 1 fully saturated rings. The summed E-state index contributed by atoms with van der Waals surface area (Å²) in [5.74, 6) is 0.661. The van der Waals surface area contributed by atoms with Crippen molar-refractivity contribution in [1.29, 1.82) is 0 Å². The van der Waals surface area contributed by atoms with E-state index in [1.54, 1.807) is 0 Å². The molecular formula is C29H34N2O. The monoisotopic (exact) mass is 426 g/mol. The van der Waals surface area contributed by atoms with Crippen LogP contribution in [-0.4, -0.2) is 29.9 Å². The number of amides is 1. The number of carbonyl (C=O) groups excluding carboxylic acids is 1. The smallest absolute Gasteiger partial charge is 0.258 e. The van der Waals surface area contributed by atoms with Crippen molar-refractivity contribution in [2.75, 3.05) is 18.0 Å². The zero-order valence-corrected chi connectivity index (χ0v) is 19.5. The zero-order chi connectivity index (χ0) is 22.5. The predicted molar refractivity (Wildman–Crippen MR) is 133 cm³/mol. The van der Waals surface area contributed by atoms with E-state index in [-0.39, 0.29) is 11.9 Å². The molecule has 0 radical (unpaired) electrons. The Kier molecular flexibility index (Phi) is 7.06. The highest BCUT2D eigenvalue weighted by atomic mass is 16.2. The number of hydrogen-bond acceptors (Lipinski definition) is 2. The number of carbonyl (C=O) groups is 1. The van der Waals surface area contributed by atoms with Crippen LogP contribution in [-0.2, 0) is 6.54 Å². The molecule has 0 unspecified atom stereocenters. The number of piperidine rings is 1. The van der Waals surface area contributed by atoms with Crippen LogP contribution in [0.3, 0.4) is 0 Å². The molecular weight excluding hydrogens is 392 g/mol. The highest BCUT2D eigenvalue weighted by molar-refractivity contribution is 6.06. The molecule has 0 spiro atoms. The first-order chi connectivity index (χ1) is 15.5. The SMILES string of the molecule is Cc1cccc(N(C(=O)c2ccccc2)C2CCN(Cc3ccc(C(C)C)cc3)CC2)c1. The molecule has 0 bridgehead atoms. The van der Waals surface area contributed by atoms with Crippen molar-refractivity contribution in [3.05, 3.63) is 101 Å². The third kappa shape index (κ3) is 5.28. The van der Waals surface area contributed by atoms with Gasteiger partial charge in [-0.25, -0.2) is 0 Å². The third-order valence-corrected chi connectivity index (χ3v) is 6.49. The van der Waals surface area contributed by atoms with Gasteiger partial charge in [0, 0.05) is 36.9 Å². The minimum Gasteiger partial charge on any atom is -0.305 e. The second-order valence-electron chi connectivity index (χ2n) is 9.28. The molecule has 166 valence electrons. The Labute approximate surface area is 192 Å². The Hall–Kier alpha value is -2.91. The first-order valence-electron chi connectivity index (χ1n) is 11.8. The molecule has 1 aliphatic heterocycles. The maximum atomic E-state index is 13.5. The van der Waals surface area contributed by atoms with Gasteiger partial charge in [-0.3, -0.25) is 9.69 Å². The first-order valence-corrected chi connectivity index (χ1v) is 11.8. The lowest BCUT2D eigenvalue weighted by Gasteiger charge is -2.39. The van der Waals surface area contributed by atoms with E-state index in [2.05, 4.69) is 68.1 Å². The van der Waals surface area contributed by atoms with Crippen LogP contribution >= 0.6 is 0 Å². The van der Waals surface area contributed by atoms with Gasteiger partial charge in [0.05, 0.1) is 0 Å². The van der Waals surface area contributed by atoms with Crippen LogP contribution in [0.15, 0.2) is 78.9 Å². The van der Waals surface area contributed by atoms with Gasteiger partial charge in [0.15, 0.2) is 0 Å². The summed E-state index contributed by atoms with van der Waals surface area (Å²) in [5, 5.41) is 0. The molecule has 0 N–H and O–H groups in total. The summed E-state index contributed by atoms with van der Waals surface area (Å²) in [5.41, 5.74) is 5.68. The largest absolute Gasteiger partial charge is 0.305 e. The molecule has 1 saturated heterocycles. The number of aryl methyl sites for hydroxylation is 1. The average molecular weight is 427 g/mol. The second kappa shape index (κ2) is 10.1. The molecule has 1 aliphatic rings. The topological polar surface area (TPSA) is 23.6 Å². The Bertz CT molecular complexity index is 1020. The number of likely N-dealkylation sites (tertiary alicyclic amines) is 1. The van der Waals surface area contributed by atoms with Crippen molar-refractivity contribution in [2.24, 2.45) is 0 Å². The molecule has 3 aromatic rings. The van der Waals surface area contributed by atoms with Gasteiger partial charge in [-0.2, -0.15) is 0 Å². The summed E-state index contributed by atoms with van der Waals surface area (Å²) in [4.78, 5) is 18.1. The maximum absolute atomic E-state index is 13.5. The number of nitrogens with zero attached hydrogens (tertiary/aromatic N) is 2. The highest BCUT2D eigenvalue weighted by Crippen LogP contribution is 2.27. The minimum atomic E-state index is 0.0962. The quantitative estimate of drug-likeness (QED) is 0.453. The van der Waals surface area contributed by atoms with Crippen LogP contribution in [0.4, 0.5) is 5.69 Å². The number of rotatable bonds is 6. The molecule has 3 heteroatoms. The van der Waals surface area contributed by atoms with E-state index in [1.165, 1.54) is 16.7 Å². The molecule has 3 nitrogen and oxygen atoms in total. The summed E-state index contributed by atoms with van der Waals surface area (Å²) in [7, 11) is 0. The maximum Gasteiger partial charge on any atom is 0.258 e. The zero-order valence-electron chi connectivity index (χ0n) is 19.5. The molecule has 0 aromatic heterocycles. The van der Waals surface area contributed by atoms with Crippen LogP contribution in [0.5, 0.6) is 0 Å². The molecule has 4 rings (SSSR count). The second-order valence-corrected chi connectivity index (χ2v) is 9.28.